The zero-order valence-corrected chi connectivity index (χ0v) is 14.2. The molecule has 8 nitrogen and oxygen atoms in total. The topological polar surface area (TPSA) is 89.0 Å². The number of aromatic nitrogens is 1. The molecule has 8 heteroatoms. The highest BCUT2D eigenvalue weighted by molar-refractivity contribution is 6.00. The number of carboxylic acid groups (broad SMARTS) is 1. The monoisotopic (exact) mass is 333 g/mol. The molecule has 0 atom stereocenters. The zero-order chi connectivity index (χ0) is 17.4. The maximum atomic E-state index is 12.1. The molecule has 1 aromatic rings. The number of piperazine rings is 1. The van der Waals surface area contributed by atoms with Crippen LogP contribution < -0.4 is 15.1 Å². The lowest BCUT2D eigenvalue weighted by Crippen LogP contribution is -2.49. The minimum atomic E-state index is -0.891. The van der Waals surface area contributed by atoms with E-state index in [1.165, 1.54) is 4.90 Å². The lowest BCUT2D eigenvalue weighted by atomic mass is 10.1. The number of rotatable bonds is 3. The van der Waals surface area contributed by atoms with Crippen LogP contribution in [0.25, 0.3) is 0 Å². The van der Waals surface area contributed by atoms with Crippen molar-refractivity contribution in [2.75, 3.05) is 43.0 Å². The van der Waals surface area contributed by atoms with Crippen LogP contribution in [0, 0.1) is 0 Å². The molecule has 0 saturated carbocycles. The van der Waals surface area contributed by atoms with E-state index < -0.39 is 6.09 Å². The van der Waals surface area contributed by atoms with Gasteiger partial charge in [0.15, 0.2) is 0 Å². The van der Waals surface area contributed by atoms with Crippen LogP contribution >= 0.6 is 0 Å². The largest absolute Gasteiger partial charge is 0.465 e. The zero-order valence-electron chi connectivity index (χ0n) is 14.2. The average molecular weight is 333 g/mol. The molecular weight excluding hydrogens is 310 g/mol. The molecule has 2 N–H and O–H groups in total. The second kappa shape index (κ2) is 6.18. The fraction of sp³-hybridized carbons (Fsp3) is 0.562. The van der Waals surface area contributed by atoms with Crippen LogP contribution in [0.15, 0.2) is 6.07 Å². The molecule has 0 aliphatic carbocycles. The Balaban J connectivity index is 1.94. The van der Waals surface area contributed by atoms with Gasteiger partial charge in [0.2, 0.25) is 0 Å². The van der Waals surface area contributed by atoms with Gasteiger partial charge in [-0.15, -0.1) is 0 Å². The van der Waals surface area contributed by atoms with Gasteiger partial charge in [0.05, 0.1) is 5.56 Å². The standard InChI is InChI=1S/C16H23N5O3/c1-10(2)19(3)13-8-11-12(9-17-15(11)22)14(18-13)20-4-6-21(7-5-20)16(23)24/h8,10H,4-7,9H2,1-3H3,(H,17,22)(H,23,24). The van der Waals surface area contributed by atoms with E-state index in [0.717, 1.165) is 17.2 Å². The van der Waals surface area contributed by atoms with Gasteiger partial charge in [-0.1, -0.05) is 0 Å². The van der Waals surface area contributed by atoms with Gasteiger partial charge < -0.3 is 25.1 Å². The Morgan fingerprint density at radius 1 is 1.33 bits per heavy atom. The van der Waals surface area contributed by atoms with E-state index in [0.29, 0.717) is 38.3 Å². The predicted octanol–water partition coefficient (Wildman–Crippen LogP) is 0.970. The van der Waals surface area contributed by atoms with Gasteiger partial charge in [0.1, 0.15) is 11.6 Å². The molecule has 0 radical (unpaired) electrons. The van der Waals surface area contributed by atoms with Crippen molar-refractivity contribution >= 4 is 23.6 Å². The van der Waals surface area contributed by atoms with Gasteiger partial charge in [-0.2, -0.15) is 0 Å². The van der Waals surface area contributed by atoms with Gasteiger partial charge in [-0.3, -0.25) is 4.79 Å². The van der Waals surface area contributed by atoms with E-state index in [1.807, 2.05) is 18.0 Å². The molecule has 0 unspecified atom stereocenters. The molecule has 2 amide bonds. The van der Waals surface area contributed by atoms with Crippen LogP contribution in [0.2, 0.25) is 0 Å². The Morgan fingerprint density at radius 3 is 2.58 bits per heavy atom. The van der Waals surface area contributed by atoms with Crippen LogP contribution in [0.5, 0.6) is 0 Å². The number of hydrogen-bond donors (Lipinski definition) is 2. The maximum absolute atomic E-state index is 12.1. The summed E-state index contributed by atoms with van der Waals surface area (Å²) in [6.45, 7) is 6.65. The Hall–Kier alpha value is -2.51. The number of nitrogens with one attached hydrogen (secondary N) is 1. The van der Waals surface area contributed by atoms with E-state index >= 15 is 0 Å². The number of anilines is 2. The normalized spacial score (nSPS) is 17.1. The third-order valence-corrected chi connectivity index (χ3v) is 4.74. The SMILES string of the molecule is CC(C)N(C)c1cc2c(c(N3CCN(C(=O)O)CC3)n1)CNC2=O. The second-order valence-corrected chi connectivity index (χ2v) is 6.47. The van der Waals surface area contributed by atoms with E-state index in [9.17, 15) is 9.59 Å². The molecule has 1 fully saturated rings. The quantitative estimate of drug-likeness (QED) is 0.857. The van der Waals surface area contributed by atoms with Crippen molar-refractivity contribution in [3.8, 4) is 0 Å². The summed E-state index contributed by atoms with van der Waals surface area (Å²) in [6, 6.07) is 2.10. The first-order chi connectivity index (χ1) is 11.4. The Labute approximate surface area is 141 Å². The first-order valence-corrected chi connectivity index (χ1v) is 8.16. The smallest absolute Gasteiger partial charge is 0.407 e. The second-order valence-electron chi connectivity index (χ2n) is 6.47. The van der Waals surface area contributed by atoms with Crippen molar-refractivity contribution < 1.29 is 14.7 Å². The number of carbonyl (C=O) groups is 2. The molecule has 3 heterocycles. The van der Waals surface area contributed by atoms with Crippen molar-refractivity contribution in [1.29, 1.82) is 0 Å². The van der Waals surface area contributed by atoms with Crippen molar-refractivity contribution in [1.82, 2.24) is 15.2 Å². The fourth-order valence-electron chi connectivity index (χ4n) is 3.00. The summed E-state index contributed by atoms with van der Waals surface area (Å²) in [7, 11) is 1.96. The van der Waals surface area contributed by atoms with Crippen LogP contribution in [0.4, 0.5) is 16.4 Å². The number of fused-ring (bicyclic) bond motifs is 1. The molecule has 0 spiro atoms. The summed E-state index contributed by atoms with van der Waals surface area (Å²) in [4.78, 5) is 33.5. The minimum Gasteiger partial charge on any atom is -0.465 e. The van der Waals surface area contributed by atoms with Crippen LogP contribution in [-0.4, -0.2) is 66.3 Å². The number of nitrogens with zero attached hydrogens (tertiary/aromatic N) is 4. The van der Waals surface area contributed by atoms with Gasteiger partial charge >= 0.3 is 6.09 Å². The van der Waals surface area contributed by atoms with E-state index in [2.05, 4.69) is 24.1 Å². The average Bonchev–Trinajstić information content (AvgIpc) is 2.94. The molecular formula is C16H23N5O3. The van der Waals surface area contributed by atoms with E-state index in [-0.39, 0.29) is 11.9 Å². The summed E-state index contributed by atoms with van der Waals surface area (Å²) >= 11 is 0. The highest BCUT2D eigenvalue weighted by Crippen LogP contribution is 2.30. The molecule has 1 aromatic heterocycles. The molecule has 2 aliphatic rings. The third-order valence-electron chi connectivity index (χ3n) is 4.74. The van der Waals surface area contributed by atoms with Gasteiger partial charge in [0.25, 0.3) is 5.91 Å². The van der Waals surface area contributed by atoms with E-state index in [4.69, 9.17) is 10.1 Å². The first kappa shape index (κ1) is 16.4. The predicted molar refractivity (Wildman–Crippen MR) is 90.8 cm³/mol. The molecule has 24 heavy (non-hydrogen) atoms. The molecule has 2 aliphatic heterocycles. The van der Waals surface area contributed by atoms with E-state index in [1.54, 1.807) is 0 Å². The maximum Gasteiger partial charge on any atom is 0.407 e. The van der Waals surface area contributed by atoms with Crippen molar-refractivity contribution in [3.63, 3.8) is 0 Å². The third kappa shape index (κ3) is 2.83. The minimum absolute atomic E-state index is 0.0729. The van der Waals surface area contributed by atoms with Crippen molar-refractivity contribution in [2.45, 2.75) is 26.4 Å². The molecule has 130 valence electrons. The van der Waals surface area contributed by atoms with Crippen molar-refractivity contribution in [2.24, 2.45) is 0 Å². The fourth-order valence-corrected chi connectivity index (χ4v) is 3.00. The number of pyridine rings is 1. The van der Waals surface area contributed by atoms with Gasteiger partial charge in [-0.25, -0.2) is 9.78 Å². The highest BCUT2D eigenvalue weighted by Gasteiger charge is 2.30. The molecule has 3 rings (SSSR count). The Morgan fingerprint density at radius 2 is 2.00 bits per heavy atom. The van der Waals surface area contributed by atoms with Crippen molar-refractivity contribution in [3.05, 3.63) is 17.2 Å². The van der Waals surface area contributed by atoms with Gasteiger partial charge in [-0.05, 0) is 19.9 Å². The van der Waals surface area contributed by atoms with Crippen LogP contribution in [0.1, 0.15) is 29.8 Å². The summed E-state index contributed by atoms with van der Waals surface area (Å²) in [5, 5.41) is 12.0. The number of carbonyl (C=O) groups excluding carboxylic acids is 1. The molecule has 1 saturated heterocycles. The van der Waals surface area contributed by atoms with Crippen LogP contribution in [-0.2, 0) is 6.54 Å². The molecule has 0 bridgehead atoms. The summed E-state index contributed by atoms with van der Waals surface area (Å²) < 4.78 is 0. The lowest BCUT2D eigenvalue weighted by Gasteiger charge is -2.35. The lowest BCUT2D eigenvalue weighted by molar-refractivity contribution is 0.0965. The first-order valence-electron chi connectivity index (χ1n) is 8.16. The summed E-state index contributed by atoms with van der Waals surface area (Å²) in [5.74, 6) is 1.48. The Kier molecular flexibility index (Phi) is 4.21. The highest BCUT2D eigenvalue weighted by atomic mass is 16.4. The molecule has 0 aromatic carbocycles. The van der Waals surface area contributed by atoms with Gasteiger partial charge in [0, 0.05) is 51.4 Å². The van der Waals surface area contributed by atoms with Crippen LogP contribution in [0.3, 0.4) is 0 Å². The Bertz CT molecular complexity index is 668. The number of hydrogen-bond acceptors (Lipinski definition) is 5. The summed E-state index contributed by atoms with van der Waals surface area (Å²) in [6.07, 6.45) is -0.891. The number of amides is 2. The summed E-state index contributed by atoms with van der Waals surface area (Å²) in [5.41, 5.74) is 1.58.